The molecule has 0 spiro atoms. The van der Waals surface area contributed by atoms with Gasteiger partial charge in [-0.1, -0.05) is 62.6 Å². The van der Waals surface area contributed by atoms with E-state index in [2.05, 4.69) is 48.7 Å². The highest BCUT2D eigenvalue weighted by molar-refractivity contribution is 5.84. The Kier molecular flexibility index (Phi) is 16.0. The van der Waals surface area contributed by atoms with Crippen molar-refractivity contribution in [3.05, 3.63) is 36.5 Å². The van der Waals surface area contributed by atoms with Gasteiger partial charge in [0.25, 0.3) is 0 Å². The van der Waals surface area contributed by atoms with E-state index in [4.69, 9.17) is 4.74 Å². The number of hydrogen-bond donors (Lipinski definition) is 1. The number of ether oxygens (including phenoxy) is 1. The summed E-state index contributed by atoms with van der Waals surface area (Å²) in [5, 5.41) is 2.72. The first-order valence-corrected chi connectivity index (χ1v) is 11.2. The Labute approximate surface area is 178 Å². The van der Waals surface area contributed by atoms with Gasteiger partial charge in [0.15, 0.2) is 0 Å². The highest BCUT2D eigenvalue weighted by Gasteiger charge is 2.22. The van der Waals surface area contributed by atoms with Gasteiger partial charge in [0, 0.05) is 6.42 Å². The smallest absolute Gasteiger partial charge is 0.328 e. The van der Waals surface area contributed by atoms with Crippen molar-refractivity contribution in [2.24, 2.45) is 0 Å². The summed E-state index contributed by atoms with van der Waals surface area (Å²) in [6.45, 7) is 9.27. The molecule has 0 aliphatic rings. The Morgan fingerprint density at radius 3 is 2.03 bits per heavy atom. The number of carbonyl (C=O) groups excluding carboxylic acids is 2. The zero-order valence-electron chi connectivity index (χ0n) is 19.3. The summed E-state index contributed by atoms with van der Waals surface area (Å²) >= 11 is 0. The number of esters is 1. The molecule has 1 amide bonds. The molecule has 0 aliphatic heterocycles. The van der Waals surface area contributed by atoms with Gasteiger partial charge < -0.3 is 10.1 Å². The maximum absolute atomic E-state index is 11.9. The van der Waals surface area contributed by atoms with Gasteiger partial charge in [-0.25, -0.2) is 4.79 Å². The van der Waals surface area contributed by atoms with Crippen LogP contribution < -0.4 is 5.32 Å². The van der Waals surface area contributed by atoms with E-state index >= 15 is 0 Å². The molecule has 1 atom stereocenters. The lowest BCUT2D eigenvalue weighted by Gasteiger charge is -2.22. The first-order chi connectivity index (χ1) is 13.8. The van der Waals surface area contributed by atoms with Crippen LogP contribution in [-0.4, -0.2) is 23.5 Å². The number of hydrogen-bond acceptors (Lipinski definition) is 3. The molecule has 0 aliphatic carbocycles. The van der Waals surface area contributed by atoms with Gasteiger partial charge >= 0.3 is 5.97 Å². The third-order valence-corrected chi connectivity index (χ3v) is 4.19. The molecule has 0 heterocycles. The fourth-order valence-electron chi connectivity index (χ4n) is 2.67. The molecule has 0 rings (SSSR count). The first kappa shape index (κ1) is 27.2. The van der Waals surface area contributed by atoms with Crippen molar-refractivity contribution in [3.8, 4) is 0 Å². The minimum Gasteiger partial charge on any atom is -0.458 e. The number of nitrogens with one attached hydrogen (secondary N) is 1. The molecular weight excluding hydrogens is 362 g/mol. The lowest BCUT2D eigenvalue weighted by atomic mass is 10.1. The van der Waals surface area contributed by atoms with Crippen LogP contribution in [0.3, 0.4) is 0 Å². The summed E-state index contributed by atoms with van der Waals surface area (Å²) in [6.07, 6.45) is 23.5. The number of rotatable bonds is 15. The van der Waals surface area contributed by atoms with E-state index in [1.807, 2.05) is 20.8 Å². The second-order valence-corrected chi connectivity index (χ2v) is 8.42. The lowest BCUT2D eigenvalue weighted by Crippen LogP contribution is -2.42. The van der Waals surface area contributed by atoms with Crippen LogP contribution in [0.2, 0.25) is 0 Å². The Hall–Kier alpha value is -1.84. The van der Waals surface area contributed by atoms with Crippen LogP contribution >= 0.6 is 0 Å². The van der Waals surface area contributed by atoms with Crippen LogP contribution in [0.25, 0.3) is 0 Å². The van der Waals surface area contributed by atoms with Crippen LogP contribution in [0.4, 0.5) is 0 Å². The maximum atomic E-state index is 11.9. The van der Waals surface area contributed by atoms with Gasteiger partial charge in [0.05, 0.1) is 0 Å². The summed E-state index contributed by atoms with van der Waals surface area (Å²) < 4.78 is 5.27. The topological polar surface area (TPSA) is 55.4 Å². The van der Waals surface area contributed by atoms with E-state index < -0.39 is 11.6 Å². The molecule has 166 valence electrons. The number of unbranched alkanes of at least 4 members (excludes halogenated alkanes) is 5. The van der Waals surface area contributed by atoms with Crippen molar-refractivity contribution < 1.29 is 14.3 Å². The molecule has 0 aromatic carbocycles. The van der Waals surface area contributed by atoms with E-state index in [9.17, 15) is 9.59 Å². The van der Waals surface area contributed by atoms with Crippen LogP contribution in [0.5, 0.6) is 0 Å². The average molecular weight is 406 g/mol. The molecule has 0 saturated heterocycles. The van der Waals surface area contributed by atoms with Gasteiger partial charge in [0.2, 0.25) is 5.91 Å². The van der Waals surface area contributed by atoms with Crippen molar-refractivity contribution >= 4 is 11.9 Å². The number of allylic oxidation sites excluding steroid dienone is 6. The van der Waals surface area contributed by atoms with Crippen LogP contribution in [0, 0.1) is 0 Å². The van der Waals surface area contributed by atoms with Crippen LogP contribution in [0.15, 0.2) is 36.5 Å². The first-order valence-electron chi connectivity index (χ1n) is 11.2. The molecule has 0 aromatic heterocycles. The molecule has 0 aromatic rings. The maximum Gasteiger partial charge on any atom is 0.328 e. The van der Waals surface area contributed by atoms with E-state index in [1.54, 1.807) is 6.92 Å². The molecule has 4 heteroatoms. The third kappa shape index (κ3) is 19.3. The fourth-order valence-corrected chi connectivity index (χ4v) is 2.67. The van der Waals surface area contributed by atoms with Gasteiger partial charge in [0.1, 0.15) is 11.6 Å². The molecular formula is C25H43NO3. The summed E-state index contributed by atoms with van der Waals surface area (Å²) in [6, 6.07) is -0.601. The predicted octanol–water partition coefficient (Wildman–Crippen LogP) is 6.42. The molecule has 4 nitrogen and oxygen atoms in total. The third-order valence-electron chi connectivity index (χ3n) is 4.19. The summed E-state index contributed by atoms with van der Waals surface area (Å²) in [5.41, 5.74) is -0.534. The second kappa shape index (κ2) is 17.1. The summed E-state index contributed by atoms with van der Waals surface area (Å²) in [7, 11) is 0. The van der Waals surface area contributed by atoms with Crippen molar-refractivity contribution in [3.63, 3.8) is 0 Å². The molecule has 1 unspecified atom stereocenters. The average Bonchev–Trinajstić information content (AvgIpc) is 2.63. The summed E-state index contributed by atoms with van der Waals surface area (Å²) in [5.74, 6) is -0.466. The molecule has 0 radical (unpaired) electrons. The fraction of sp³-hybridized carbons (Fsp3) is 0.680. The minimum absolute atomic E-state index is 0.0791. The highest BCUT2D eigenvalue weighted by atomic mass is 16.6. The zero-order chi connectivity index (χ0) is 22.0. The Bertz CT molecular complexity index is 527. The van der Waals surface area contributed by atoms with Crippen molar-refractivity contribution in [1.82, 2.24) is 5.32 Å². The Balaban J connectivity index is 3.60. The second-order valence-electron chi connectivity index (χ2n) is 8.42. The zero-order valence-corrected chi connectivity index (χ0v) is 19.3. The SMILES string of the molecule is CC/C=C\C/C=C\C/C=C\CCCCCCCC(=O)NC(C)C(=O)OC(C)(C)C. The van der Waals surface area contributed by atoms with E-state index in [-0.39, 0.29) is 11.9 Å². The monoisotopic (exact) mass is 405 g/mol. The number of carbonyl (C=O) groups is 2. The Morgan fingerprint density at radius 1 is 0.862 bits per heavy atom. The van der Waals surface area contributed by atoms with E-state index in [1.165, 1.54) is 12.8 Å². The molecule has 29 heavy (non-hydrogen) atoms. The quantitative estimate of drug-likeness (QED) is 0.194. The van der Waals surface area contributed by atoms with Gasteiger partial charge in [-0.05, 0) is 66.2 Å². The van der Waals surface area contributed by atoms with Gasteiger partial charge in [-0.2, -0.15) is 0 Å². The minimum atomic E-state index is -0.601. The van der Waals surface area contributed by atoms with E-state index in [0.717, 1.165) is 44.9 Å². The normalized spacial score (nSPS) is 13.4. The van der Waals surface area contributed by atoms with Crippen molar-refractivity contribution in [2.75, 3.05) is 0 Å². The lowest BCUT2D eigenvalue weighted by molar-refractivity contribution is -0.158. The molecule has 0 bridgehead atoms. The Morgan fingerprint density at radius 2 is 1.41 bits per heavy atom. The van der Waals surface area contributed by atoms with Crippen molar-refractivity contribution in [1.29, 1.82) is 0 Å². The molecule has 1 N–H and O–H groups in total. The van der Waals surface area contributed by atoms with Gasteiger partial charge in [-0.15, -0.1) is 0 Å². The summed E-state index contributed by atoms with van der Waals surface area (Å²) in [4.78, 5) is 23.8. The van der Waals surface area contributed by atoms with Crippen LogP contribution in [-0.2, 0) is 14.3 Å². The number of amides is 1. The molecule has 0 saturated carbocycles. The predicted molar refractivity (Wildman–Crippen MR) is 123 cm³/mol. The molecule has 0 fully saturated rings. The largest absolute Gasteiger partial charge is 0.458 e. The highest BCUT2D eigenvalue weighted by Crippen LogP contribution is 2.10. The van der Waals surface area contributed by atoms with Gasteiger partial charge in [-0.3, -0.25) is 4.79 Å². The van der Waals surface area contributed by atoms with E-state index in [0.29, 0.717) is 6.42 Å². The standard InChI is InChI=1S/C25H43NO3/c1-6-7-8-9-10-11-12-13-14-15-16-17-18-19-20-21-23(27)26-22(2)24(28)29-25(3,4)5/h7-8,10-11,13-14,22H,6,9,12,15-21H2,1-5H3,(H,26,27)/b8-7-,11-10-,14-13-. The van der Waals surface area contributed by atoms with Crippen LogP contribution in [0.1, 0.15) is 98.8 Å². The van der Waals surface area contributed by atoms with Crippen molar-refractivity contribution in [2.45, 2.75) is 110 Å².